The van der Waals surface area contributed by atoms with Gasteiger partial charge in [0, 0.05) is 17.7 Å². The molecule has 1 N–H and O–H groups in total. The first kappa shape index (κ1) is 17.8. The van der Waals surface area contributed by atoms with Crippen LogP contribution in [0.4, 0.5) is 0 Å². The van der Waals surface area contributed by atoms with Crippen LogP contribution in [0, 0.1) is 6.92 Å². The number of hydrogen-bond acceptors (Lipinski definition) is 5. The molecule has 6 nitrogen and oxygen atoms in total. The van der Waals surface area contributed by atoms with Crippen molar-refractivity contribution >= 4 is 16.4 Å². The molecule has 0 aliphatic rings. The summed E-state index contributed by atoms with van der Waals surface area (Å²) in [4.78, 5) is 9.82. The molecule has 118 valence electrons. The summed E-state index contributed by atoms with van der Waals surface area (Å²) in [5.41, 5.74) is 1.06. The van der Waals surface area contributed by atoms with Crippen molar-refractivity contribution in [3.63, 3.8) is 0 Å². The first-order valence-corrected chi connectivity index (χ1v) is 7.88. The number of phenols is 1. The molecule has 0 aliphatic carbocycles. The number of carbonyl (C=O) groups is 1. The zero-order valence-electron chi connectivity index (χ0n) is 12.3. The quantitative estimate of drug-likeness (QED) is 0.523. The molecule has 2 aromatic rings. The fourth-order valence-corrected chi connectivity index (χ4v) is 2.34. The molecule has 2 rings (SSSR count). The van der Waals surface area contributed by atoms with Gasteiger partial charge in [-0.15, -0.1) is 0 Å². The number of carbonyl (C=O) groups excluding carboxylic acids is 1. The van der Waals surface area contributed by atoms with E-state index in [1.54, 1.807) is 12.1 Å². The Morgan fingerprint density at radius 3 is 2.23 bits per heavy atom. The molecule has 0 aliphatic heterocycles. The standard InChI is InChI=1S/C8H10NO.C7H8O4S/c1-2-9-5-3-8(7-10)4-6-9;1-5-2-3-6(8)4-7(5)12(9,10)11/h3-7H,2H2,1H3;2-4,8H,1H3,(H,9,10,11)/q+1;/p-1. The number of aryl methyl sites for hydroxylation is 2. The van der Waals surface area contributed by atoms with E-state index in [2.05, 4.69) is 6.92 Å². The molecule has 0 saturated carbocycles. The predicted octanol–water partition coefficient (Wildman–Crippen LogP) is 1.41. The van der Waals surface area contributed by atoms with Crippen LogP contribution in [-0.4, -0.2) is 24.4 Å². The van der Waals surface area contributed by atoms with E-state index in [1.807, 2.05) is 17.0 Å². The van der Waals surface area contributed by atoms with Gasteiger partial charge in [0.25, 0.3) is 0 Å². The average molecular weight is 323 g/mol. The summed E-state index contributed by atoms with van der Waals surface area (Å²) in [5.74, 6) is -0.227. The molecule has 0 radical (unpaired) electrons. The number of aromatic hydroxyl groups is 1. The Labute approximate surface area is 129 Å². The van der Waals surface area contributed by atoms with Crippen molar-refractivity contribution in [1.29, 1.82) is 0 Å². The minimum atomic E-state index is -4.47. The fourth-order valence-electron chi connectivity index (χ4n) is 1.62. The van der Waals surface area contributed by atoms with Crippen LogP contribution in [0.3, 0.4) is 0 Å². The zero-order chi connectivity index (χ0) is 16.8. The predicted molar refractivity (Wildman–Crippen MR) is 78.5 cm³/mol. The van der Waals surface area contributed by atoms with Crippen LogP contribution in [0.5, 0.6) is 5.75 Å². The normalized spacial score (nSPS) is 10.5. The van der Waals surface area contributed by atoms with Crippen molar-refractivity contribution in [3.05, 3.63) is 53.9 Å². The van der Waals surface area contributed by atoms with E-state index in [1.165, 1.54) is 19.1 Å². The van der Waals surface area contributed by atoms with Gasteiger partial charge < -0.3 is 9.66 Å². The third kappa shape index (κ3) is 5.27. The molecule has 0 saturated heterocycles. The van der Waals surface area contributed by atoms with E-state index in [0.29, 0.717) is 5.56 Å². The molecule has 1 aromatic heterocycles. The lowest BCUT2D eigenvalue weighted by Crippen LogP contribution is -2.30. The summed E-state index contributed by atoms with van der Waals surface area (Å²) < 4.78 is 33.6. The fraction of sp³-hybridized carbons (Fsp3) is 0.200. The maximum absolute atomic E-state index is 10.5. The Morgan fingerprint density at radius 1 is 1.23 bits per heavy atom. The minimum absolute atomic E-state index is 0.227. The minimum Gasteiger partial charge on any atom is -0.744 e. The summed E-state index contributed by atoms with van der Waals surface area (Å²) in [7, 11) is -4.47. The SMILES string of the molecule is CC[n+]1ccc(C=O)cc1.Cc1ccc(O)cc1S(=O)(=O)[O-]. The highest BCUT2D eigenvalue weighted by Crippen LogP contribution is 2.19. The third-order valence-electron chi connectivity index (χ3n) is 2.86. The molecule has 0 amide bonds. The van der Waals surface area contributed by atoms with Gasteiger partial charge >= 0.3 is 0 Å². The lowest BCUT2D eigenvalue weighted by atomic mass is 10.2. The van der Waals surface area contributed by atoms with E-state index in [4.69, 9.17) is 5.11 Å². The summed E-state index contributed by atoms with van der Waals surface area (Å²) in [5, 5.41) is 8.90. The van der Waals surface area contributed by atoms with Gasteiger partial charge in [-0.25, -0.2) is 13.0 Å². The van der Waals surface area contributed by atoms with Gasteiger partial charge in [0.2, 0.25) is 0 Å². The second-order valence-electron chi connectivity index (χ2n) is 4.48. The Hall–Kier alpha value is -2.25. The Bertz CT molecular complexity index is 739. The van der Waals surface area contributed by atoms with Crippen molar-refractivity contribution in [2.24, 2.45) is 0 Å². The molecule has 22 heavy (non-hydrogen) atoms. The zero-order valence-corrected chi connectivity index (χ0v) is 13.1. The topological polar surface area (TPSA) is 98.4 Å². The smallest absolute Gasteiger partial charge is 0.169 e. The monoisotopic (exact) mass is 323 g/mol. The Balaban J connectivity index is 0.000000224. The van der Waals surface area contributed by atoms with Gasteiger partial charge in [-0.05, 0) is 31.5 Å². The molecular formula is C15H17NO5S. The number of nitrogens with zero attached hydrogens (tertiary/aromatic N) is 1. The van der Waals surface area contributed by atoms with Crippen LogP contribution < -0.4 is 4.57 Å². The van der Waals surface area contributed by atoms with Gasteiger partial charge in [-0.3, -0.25) is 4.79 Å². The van der Waals surface area contributed by atoms with Crippen LogP contribution in [-0.2, 0) is 16.7 Å². The first-order valence-electron chi connectivity index (χ1n) is 6.47. The van der Waals surface area contributed by atoms with Crippen LogP contribution >= 0.6 is 0 Å². The van der Waals surface area contributed by atoms with Crippen molar-refractivity contribution < 1.29 is 27.4 Å². The maximum Gasteiger partial charge on any atom is 0.169 e. The van der Waals surface area contributed by atoms with Crippen LogP contribution in [0.15, 0.2) is 47.6 Å². The number of rotatable bonds is 3. The van der Waals surface area contributed by atoms with Gasteiger partial charge in [-0.1, -0.05) is 6.07 Å². The van der Waals surface area contributed by atoms with Crippen molar-refractivity contribution in [3.8, 4) is 5.75 Å². The van der Waals surface area contributed by atoms with Gasteiger partial charge in [-0.2, -0.15) is 0 Å². The summed E-state index contributed by atoms with van der Waals surface area (Å²) in [6, 6.07) is 7.24. The highest BCUT2D eigenvalue weighted by atomic mass is 32.2. The number of pyridine rings is 1. The molecule has 0 fully saturated rings. The van der Waals surface area contributed by atoms with E-state index in [-0.39, 0.29) is 10.6 Å². The summed E-state index contributed by atoms with van der Waals surface area (Å²) in [6.07, 6.45) is 4.63. The second kappa shape index (κ2) is 7.67. The van der Waals surface area contributed by atoms with Crippen LogP contribution in [0.1, 0.15) is 22.8 Å². The number of phenolic OH excluding ortho intramolecular Hbond substituents is 1. The third-order valence-corrected chi connectivity index (χ3v) is 3.84. The highest BCUT2D eigenvalue weighted by Gasteiger charge is 2.05. The average Bonchev–Trinajstić information content (AvgIpc) is 2.49. The summed E-state index contributed by atoms with van der Waals surface area (Å²) in [6.45, 7) is 4.49. The first-order chi connectivity index (χ1) is 10.3. The van der Waals surface area contributed by atoms with Crippen LogP contribution in [0.2, 0.25) is 0 Å². The van der Waals surface area contributed by atoms with Gasteiger partial charge in [0.1, 0.15) is 22.4 Å². The molecular weight excluding hydrogens is 306 g/mol. The molecule has 1 aromatic carbocycles. The van der Waals surface area contributed by atoms with E-state index >= 15 is 0 Å². The molecule has 0 atom stereocenters. The largest absolute Gasteiger partial charge is 0.744 e. The van der Waals surface area contributed by atoms with Gasteiger partial charge in [0.05, 0.1) is 4.90 Å². The number of hydrogen-bond donors (Lipinski definition) is 1. The Morgan fingerprint density at radius 2 is 1.82 bits per heavy atom. The highest BCUT2D eigenvalue weighted by molar-refractivity contribution is 7.85. The second-order valence-corrected chi connectivity index (χ2v) is 5.83. The number of aldehydes is 1. The lowest BCUT2D eigenvalue weighted by molar-refractivity contribution is -0.693. The van der Waals surface area contributed by atoms with Crippen molar-refractivity contribution in [2.45, 2.75) is 25.3 Å². The number of benzene rings is 1. The lowest BCUT2D eigenvalue weighted by Gasteiger charge is -2.09. The maximum atomic E-state index is 10.5. The van der Waals surface area contributed by atoms with Crippen molar-refractivity contribution in [2.75, 3.05) is 0 Å². The Kier molecular flexibility index (Phi) is 6.21. The van der Waals surface area contributed by atoms with Crippen molar-refractivity contribution in [1.82, 2.24) is 0 Å². The molecule has 0 spiro atoms. The number of aromatic nitrogens is 1. The molecule has 7 heteroatoms. The van der Waals surface area contributed by atoms with Gasteiger partial charge in [0.15, 0.2) is 18.7 Å². The van der Waals surface area contributed by atoms with Crippen LogP contribution in [0.25, 0.3) is 0 Å². The summed E-state index contributed by atoms with van der Waals surface area (Å²) >= 11 is 0. The van der Waals surface area contributed by atoms with E-state index < -0.39 is 10.1 Å². The molecule has 0 bridgehead atoms. The molecule has 1 heterocycles. The molecule has 0 unspecified atom stereocenters. The van der Waals surface area contributed by atoms with E-state index in [0.717, 1.165) is 24.5 Å². The van der Waals surface area contributed by atoms with E-state index in [9.17, 15) is 17.8 Å².